The molecule has 3 aromatic carbocycles. The largest absolute Gasteiger partial charge is 0.436 e. The van der Waals surface area contributed by atoms with Gasteiger partial charge in [0.05, 0.1) is 11.0 Å². The van der Waals surface area contributed by atoms with Crippen LogP contribution in [-0.4, -0.2) is 27.7 Å². The first-order valence-corrected chi connectivity index (χ1v) is 10.9. The summed E-state index contributed by atoms with van der Waals surface area (Å²) in [6.45, 7) is 1.53. The average Bonchev–Trinajstić information content (AvgIpc) is 3.41. The number of oxazole rings is 1. The van der Waals surface area contributed by atoms with Gasteiger partial charge in [0.2, 0.25) is 5.89 Å². The molecule has 5 aromatic rings. The molecular formula is C25H20ClN3O2. The van der Waals surface area contributed by atoms with E-state index in [1.807, 2.05) is 42.5 Å². The lowest BCUT2D eigenvalue weighted by atomic mass is 10.1. The Hall–Kier alpha value is -3.15. The summed E-state index contributed by atoms with van der Waals surface area (Å²) in [5.74, 6) is 1.53. The van der Waals surface area contributed by atoms with Crippen LogP contribution in [0.2, 0.25) is 5.02 Å². The number of rotatable bonds is 3. The first kappa shape index (κ1) is 18.6. The van der Waals surface area contributed by atoms with Crippen LogP contribution < -0.4 is 0 Å². The van der Waals surface area contributed by atoms with Gasteiger partial charge in [-0.1, -0.05) is 35.9 Å². The van der Waals surface area contributed by atoms with E-state index in [0.717, 1.165) is 65.1 Å². The topological polar surface area (TPSA) is 53.1 Å². The summed E-state index contributed by atoms with van der Waals surface area (Å²) in [6.07, 6.45) is 1.93. The number of nitrogens with zero attached hydrogens (tertiary/aromatic N) is 3. The van der Waals surface area contributed by atoms with Gasteiger partial charge >= 0.3 is 0 Å². The third-order valence-electron chi connectivity index (χ3n) is 5.87. The van der Waals surface area contributed by atoms with E-state index in [4.69, 9.17) is 25.7 Å². The third kappa shape index (κ3) is 3.30. The second kappa shape index (κ2) is 7.52. The molecule has 6 heteroatoms. The minimum absolute atomic E-state index is 0.336. The molecule has 0 aliphatic carbocycles. The van der Waals surface area contributed by atoms with Crippen LogP contribution in [0, 0.1) is 0 Å². The molecule has 0 bridgehead atoms. The number of imidazole rings is 1. The molecule has 1 aliphatic heterocycles. The van der Waals surface area contributed by atoms with Crippen LogP contribution in [0.3, 0.4) is 0 Å². The SMILES string of the molecule is Clc1cccc(-c2nc3cc(-c4nc5ccccc5o4)ccc3n2C2CCOCC2)c1. The first-order valence-electron chi connectivity index (χ1n) is 10.5. The number of para-hydroxylation sites is 2. The summed E-state index contributed by atoms with van der Waals surface area (Å²) in [7, 11) is 0. The standard InChI is InChI=1S/C25H20ClN3O2/c26-18-5-3-4-16(14-18)24-27-21-15-17(25-28-20-6-1-2-7-23(20)31-25)8-9-22(21)29(24)19-10-12-30-13-11-19/h1-9,14-15,19H,10-13H2. The predicted molar refractivity (Wildman–Crippen MR) is 122 cm³/mol. The van der Waals surface area contributed by atoms with Gasteiger partial charge in [-0.05, 0) is 55.3 Å². The van der Waals surface area contributed by atoms with Gasteiger partial charge < -0.3 is 13.7 Å². The number of hydrogen-bond donors (Lipinski definition) is 0. The molecule has 3 heterocycles. The van der Waals surface area contributed by atoms with Gasteiger partial charge in [-0.2, -0.15) is 0 Å². The fourth-order valence-electron chi connectivity index (χ4n) is 4.37. The molecule has 1 aliphatic rings. The zero-order chi connectivity index (χ0) is 20.8. The Morgan fingerprint density at radius 1 is 0.839 bits per heavy atom. The van der Waals surface area contributed by atoms with E-state index >= 15 is 0 Å². The molecule has 1 saturated heterocycles. The van der Waals surface area contributed by atoms with Gasteiger partial charge in [-0.15, -0.1) is 0 Å². The van der Waals surface area contributed by atoms with Crippen molar-refractivity contribution in [3.63, 3.8) is 0 Å². The molecule has 2 aromatic heterocycles. The van der Waals surface area contributed by atoms with E-state index in [9.17, 15) is 0 Å². The van der Waals surface area contributed by atoms with Crippen molar-refractivity contribution in [2.75, 3.05) is 13.2 Å². The molecule has 1 fully saturated rings. The first-order chi connectivity index (χ1) is 15.3. The van der Waals surface area contributed by atoms with Crippen molar-refractivity contribution in [1.29, 1.82) is 0 Å². The van der Waals surface area contributed by atoms with Crippen LogP contribution in [0.15, 0.2) is 71.1 Å². The van der Waals surface area contributed by atoms with Crippen molar-refractivity contribution in [3.05, 3.63) is 71.8 Å². The quantitative estimate of drug-likeness (QED) is 0.327. The van der Waals surface area contributed by atoms with Crippen molar-refractivity contribution >= 4 is 33.7 Å². The van der Waals surface area contributed by atoms with Gasteiger partial charge in [0, 0.05) is 35.4 Å². The van der Waals surface area contributed by atoms with Crippen molar-refractivity contribution in [1.82, 2.24) is 14.5 Å². The number of aromatic nitrogens is 3. The monoisotopic (exact) mass is 429 g/mol. The Morgan fingerprint density at radius 2 is 1.71 bits per heavy atom. The summed E-state index contributed by atoms with van der Waals surface area (Å²) >= 11 is 6.30. The maximum Gasteiger partial charge on any atom is 0.227 e. The van der Waals surface area contributed by atoms with E-state index in [2.05, 4.69) is 33.8 Å². The highest BCUT2D eigenvalue weighted by Gasteiger charge is 2.23. The Bertz CT molecular complexity index is 1370. The Balaban J connectivity index is 1.52. The van der Waals surface area contributed by atoms with Crippen molar-refractivity contribution in [2.24, 2.45) is 0 Å². The molecular weight excluding hydrogens is 410 g/mol. The lowest BCUT2D eigenvalue weighted by molar-refractivity contribution is 0.0710. The summed E-state index contributed by atoms with van der Waals surface area (Å²) < 4.78 is 13.9. The van der Waals surface area contributed by atoms with E-state index in [1.165, 1.54) is 0 Å². The average molecular weight is 430 g/mol. The van der Waals surface area contributed by atoms with Crippen molar-refractivity contribution in [2.45, 2.75) is 18.9 Å². The van der Waals surface area contributed by atoms with Crippen LogP contribution in [0.4, 0.5) is 0 Å². The molecule has 0 radical (unpaired) electrons. The predicted octanol–water partition coefficient (Wildman–Crippen LogP) is 6.52. The Kier molecular flexibility index (Phi) is 4.51. The van der Waals surface area contributed by atoms with E-state index in [1.54, 1.807) is 0 Å². The van der Waals surface area contributed by atoms with Crippen LogP contribution in [0.25, 0.3) is 45.0 Å². The number of benzene rings is 3. The molecule has 0 N–H and O–H groups in total. The number of halogens is 1. The van der Waals surface area contributed by atoms with Crippen LogP contribution in [0.1, 0.15) is 18.9 Å². The van der Waals surface area contributed by atoms with Gasteiger partial charge in [0.1, 0.15) is 11.3 Å². The Labute approximate surface area is 184 Å². The minimum atomic E-state index is 0.336. The van der Waals surface area contributed by atoms with Crippen LogP contribution in [0.5, 0.6) is 0 Å². The highest BCUT2D eigenvalue weighted by molar-refractivity contribution is 6.30. The zero-order valence-corrected chi connectivity index (χ0v) is 17.5. The Morgan fingerprint density at radius 3 is 2.55 bits per heavy atom. The summed E-state index contributed by atoms with van der Waals surface area (Å²) in [4.78, 5) is 9.68. The summed E-state index contributed by atoms with van der Waals surface area (Å²) in [5, 5.41) is 0.704. The summed E-state index contributed by atoms with van der Waals surface area (Å²) in [5.41, 5.74) is 5.58. The van der Waals surface area contributed by atoms with Gasteiger partial charge in [-0.25, -0.2) is 9.97 Å². The van der Waals surface area contributed by atoms with Crippen LogP contribution >= 0.6 is 11.6 Å². The molecule has 0 amide bonds. The van der Waals surface area contributed by atoms with Gasteiger partial charge in [0.15, 0.2) is 5.58 Å². The van der Waals surface area contributed by atoms with Crippen LogP contribution in [-0.2, 0) is 4.74 Å². The minimum Gasteiger partial charge on any atom is -0.436 e. The fraction of sp³-hybridized carbons (Fsp3) is 0.200. The molecule has 0 unspecified atom stereocenters. The fourth-order valence-corrected chi connectivity index (χ4v) is 4.56. The molecule has 0 atom stereocenters. The normalized spacial score (nSPS) is 15.1. The number of hydrogen-bond acceptors (Lipinski definition) is 4. The lowest BCUT2D eigenvalue weighted by Crippen LogP contribution is -2.20. The second-order valence-electron chi connectivity index (χ2n) is 7.85. The molecule has 0 spiro atoms. The molecule has 5 nitrogen and oxygen atoms in total. The van der Waals surface area contributed by atoms with Gasteiger partial charge in [0.25, 0.3) is 0 Å². The molecule has 154 valence electrons. The number of ether oxygens (including phenoxy) is 1. The zero-order valence-electron chi connectivity index (χ0n) is 16.8. The molecule has 6 rings (SSSR count). The summed E-state index contributed by atoms with van der Waals surface area (Å²) in [6, 6.07) is 22.3. The second-order valence-corrected chi connectivity index (χ2v) is 8.29. The van der Waals surface area contributed by atoms with Crippen molar-refractivity contribution in [3.8, 4) is 22.8 Å². The highest BCUT2D eigenvalue weighted by atomic mass is 35.5. The van der Waals surface area contributed by atoms with E-state index < -0.39 is 0 Å². The number of fused-ring (bicyclic) bond motifs is 2. The molecule has 0 saturated carbocycles. The maximum absolute atomic E-state index is 6.30. The third-order valence-corrected chi connectivity index (χ3v) is 6.10. The molecule has 31 heavy (non-hydrogen) atoms. The lowest BCUT2D eigenvalue weighted by Gasteiger charge is -2.26. The maximum atomic E-state index is 6.30. The smallest absolute Gasteiger partial charge is 0.227 e. The van der Waals surface area contributed by atoms with Gasteiger partial charge in [-0.3, -0.25) is 0 Å². The van der Waals surface area contributed by atoms with E-state index in [0.29, 0.717) is 17.0 Å². The van der Waals surface area contributed by atoms with E-state index in [-0.39, 0.29) is 0 Å². The van der Waals surface area contributed by atoms with Crippen molar-refractivity contribution < 1.29 is 9.15 Å². The highest BCUT2D eigenvalue weighted by Crippen LogP contribution is 2.35.